The number of thiophene rings is 2. The summed E-state index contributed by atoms with van der Waals surface area (Å²) in [6.07, 6.45) is 1.76. The average molecular weight is 258 g/mol. The van der Waals surface area contributed by atoms with Crippen molar-refractivity contribution < 1.29 is 4.42 Å². The van der Waals surface area contributed by atoms with E-state index in [-0.39, 0.29) is 5.41 Å². The Hall–Kier alpha value is -1.32. The van der Waals surface area contributed by atoms with Crippen LogP contribution in [0, 0.1) is 0 Å². The van der Waals surface area contributed by atoms with Crippen LogP contribution in [0.4, 0.5) is 0 Å². The van der Waals surface area contributed by atoms with E-state index in [4.69, 9.17) is 4.42 Å². The smallest absolute Gasteiger partial charge is 0.118 e. The van der Waals surface area contributed by atoms with E-state index >= 15 is 0 Å². The van der Waals surface area contributed by atoms with Gasteiger partial charge in [0.15, 0.2) is 0 Å². The molecule has 3 aromatic rings. The van der Waals surface area contributed by atoms with Crippen LogP contribution in [0.1, 0.15) is 23.8 Å². The van der Waals surface area contributed by atoms with E-state index in [0.29, 0.717) is 0 Å². The molecule has 1 nitrogen and oxygen atoms in total. The molecule has 0 fully saturated rings. The van der Waals surface area contributed by atoms with Gasteiger partial charge in [0, 0.05) is 9.75 Å². The summed E-state index contributed by atoms with van der Waals surface area (Å²) in [5, 5.41) is 4.35. The largest absolute Gasteiger partial charge is 0.468 e. The standard InChI is InChI=1S/C14H10OS2/c1-14(11-3-2-6-15-11)9-4-7-16-12(9)13-10(14)5-8-17-13/h2-8H,1H3. The van der Waals surface area contributed by atoms with E-state index in [1.54, 1.807) is 6.26 Å². The fraction of sp³-hybridized carbons (Fsp3) is 0.143. The van der Waals surface area contributed by atoms with Gasteiger partial charge < -0.3 is 4.42 Å². The van der Waals surface area contributed by atoms with E-state index < -0.39 is 0 Å². The van der Waals surface area contributed by atoms with Gasteiger partial charge in [0.1, 0.15) is 5.76 Å². The zero-order chi connectivity index (χ0) is 11.5. The fourth-order valence-electron chi connectivity index (χ4n) is 2.73. The first-order valence-corrected chi connectivity index (χ1v) is 7.28. The average Bonchev–Trinajstić information content (AvgIpc) is 3.06. The minimum atomic E-state index is -0.103. The second-order valence-electron chi connectivity index (χ2n) is 4.43. The SMILES string of the molecule is CC1(c2ccco2)c2ccsc2-c2sccc21. The molecule has 17 heavy (non-hydrogen) atoms. The second-order valence-corrected chi connectivity index (χ2v) is 6.26. The Kier molecular flexibility index (Phi) is 1.78. The summed E-state index contributed by atoms with van der Waals surface area (Å²) >= 11 is 3.66. The van der Waals surface area contributed by atoms with Crippen LogP contribution in [-0.4, -0.2) is 0 Å². The Bertz CT molecular complexity index is 632. The summed E-state index contributed by atoms with van der Waals surface area (Å²) in [6, 6.07) is 8.51. The van der Waals surface area contributed by atoms with Crippen molar-refractivity contribution in [3.8, 4) is 9.75 Å². The summed E-state index contributed by atoms with van der Waals surface area (Å²) in [7, 11) is 0. The van der Waals surface area contributed by atoms with Gasteiger partial charge in [-0.2, -0.15) is 0 Å². The third-order valence-electron chi connectivity index (χ3n) is 3.63. The van der Waals surface area contributed by atoms with Crippen molar-refractivity contribution in [3.05, 3.63) is 58.2 Å². The molecule has 0 spiro atoms. The van der Waals surface area contributed by atoms with Crippen LogP contribution >= 0.6 is 22.7 Å². The Morgan fingerprint density at radius 1 is 1.00 bits per heavy atom. The molecule has 0 N–H and O–H groups in total. The fourth-order valence-corrected chi connectivity index (χ4v) is 4.93. The molecule has 0 unspecified atom stereocenters. The lowest BCUT2D eigenvalue weighted by Gasteiger charge is -2.22. The highest BCUT2D eigenvalue weighted by atomic mass is 32.1. The molecular weight excluding hydrogens is 248 g/mol. The minimum Gasteiger partial charge on any atom is -0.468 e. The lowest BCUT2D eigenvalue weighted by Crippen LogP contribution is -2.20. The van der Waals surface area contributed by atoms with Crippen molar-refractivity contribution in [1.82, 2.24) is 0 Å². The van der Waals surface area contributed by atoms with Gasteiger partial charge in [-0.1, -0.05) is 0 Å². The lowest BCUT2D eigenvalue weighted by molar-refractivity contribution is 0.452. The highest BCUT2D eigenvalue weighted by Gasteiger charge is 2.44. The zero-order valence-electron chi connectivity index (χ0n) is 9.27. The number of hydrogen-bond donors (Lipinski definition) is 0. The molecule has 3 aromatic heterocycles. The third-order valence-corrected chi connectivity index (χ3v) is 5.62. The van der Waals surface area contributed by atoms with Crippen molar-refractivity contribution in [2.45, 2.75) is 12.3 Å². The topological polar surface area (TPSA) is 13.1 Å². The van der Waals surface area contributed by atoms with Gasteiger partial charge in [-0.05, 0) is 53.1 Å². The van der Waals surface area contributed by atoms with E-state index in [1.807, 2.05) is 28.7 Å². The Labute approximate surface area is 107 Å². The van der Waals surface area contributed by atoms with Gasteiger partial charge in [0.05, 0.1) is 11.7 Å². The van der Waals surface area contributed by atoms with Gasteiger partial charge in [0.2, 0.25) is 0 Å². The predicted octanol–water partition coefficient (Wildman–Crippen LogP) is 4.74. The summed E-state index contributed by atoms with van der Waals surface area (Å²) in [5.41, 5.74) is 2.67. The van der Waals surface area contributed by atoms with Crippen molar-refractivity contribution in [2.75, 3.05) is 0 Å². The molecule has 0 atom stereocenters. The molecule has 3 heteroatoms. The van der Waals surface area contributed by atoms with Crippen LogP contribution in [0.25, 0.3) is 9.75 Å². The van der Waals surface area contributed by atoms with Crippen LogP contribution in [0.2, 0.25) is 0 Å². The highest BCUT2D eigenvalue weighted by Crippen LogP contribution is 2.56. The van der Waals surface area contributed by atoms with Crippen LogP contribution < -0.4 is 0 Å². The van der Waals surface area contributed by atoms with E-state index in [9.17, 15) is 0 Å². The number of hydrogen-bond acceptors (Lipinski definition) is 3. The van der Waals surface area contributed by atoms with Gasteiger partial charge in [0.25, 0.3) is 0 Å². The summed E-state index contributed by atoms with van der Waals surface area (Å²) < 4.78 is 5.68. The van der Waals surface area contributed by atoms with Crippen LogP contribution in [0.15, 0.2) is 45.7 Å². The molecule has 0 aromatic carbocycles. The van der Waals surface area contributed by atoms with Gasteiger partial charge in [-0.15, -0.1) is 22.7 Å². The van der Waals surface area contributed by atoms with Crippen molar-refractivity contribution in [1.29, 1.82) is 0 Å². The summed E-state index contributed by atoms with van der Waals surface area (Å²) in [4.78, 5) is 2.82. The Balaban J connectivity index is 2.11. The maximum absolute atomic E-state index is 5.68. The van der Waals surface area contributed by atoms with Gasteiger partial charge >= 0.3 is 0 Å². The second kappa shape index (κ2) is 3.12. The molecular formula is C14H10OS2. The molecule has 0 radical (unpaired) electrons. The number of rotatable bonds is 1. The molecule has 3 heterocycles. The van der Waals surface area contributed by atoms with E-state index in [2.05, 4.69) is 35.9 Å². The third kappa shape index (κ3) is 1.04. The molecule has 0 saturated carbocycles. The minimum absolute atomic E-state index is 0.103. The first-order valence-electron chi connectivity index (χ1n) is 5.52. The molecule has 4 rings (SSSR count). The molecule has 0 amide bonds. The quantitative estimate of drug-likeness (QED) is 0.614. The van der Waals surface area contributed by atoms with Crippen molar-refractivity contribution >= 4 is 22.7 Å². The lowest BCUT2D eigenvalue weighted by atomic mass is 9.79. The van der Waals surface area contributed by atoms with Crippen molar-refractivity contribution in [2.24, 2.45) is 0 Å². The normalized spacial score (nSPS) is 15.8. The predicted molar refractivity (Wildman–Crippen MR) is 71.9 cm³/mol. The van der Waals surface area contributed by atoms with E-state index in [1.165, 1.54) is 20.9 Å². The van der Waals surface area contributed by atoms with Crippen molar-refractivity contribution in [3.63, 3.8) is 0 Å². The Morgan fingerprint density at radius 3 is 2.18 bits per heavy atom. The number of fused-ring (bicyclic) bond motifs is 3. The highest BCUT2D eigenvalue weighted by molar-refractivity contribution is 7.21. The molecule has 0 bridgehead atoms. The number of furan rings is 1. The maximum Gasteiger partial charge on any atom is 0.118 e. The van der Waals surface area contributed by atoms with E-state index in [0.717, 1.165) is 5.76 Å². The molecule has 0 saturated heterocycles. The molecule has 0 aliphatic heterocycles. The van der Waals surface area contributed by atoms with Crippen LogP contribution in [0.3, 0.4) is 0 Å². The van der Waals surface area contributed by atoms with Gasteiger partial charge in [-0.25, -0.2) is 0 Å². The monoisotopic (exact) mass is 258 g/mol. The van der Waals surface area contributed by atoms with Crippen LogP contribution in [-0.2, 0) is 5.41 Å². The molecule has 84 valence electrons. The maximum atomic E-state index is 5.68. The first kappa shape index (κ1) is 9.68. The molecule has 1 aliphatic rings. The first-order chi connectivity index (χ1) is 8.32. The van der Waals surface area contributed by atoms with Gasteiger partial charge in [-0.3, -0.25) is 0 Å². The van der Waals surface area contributed by atoms with Crippen LogP contribution in [0.5, 0.6) is 0 Å². The Morgan fingerprint density at radius 2 is 1.65 bits per heavy atom. The summed E-state index contributed by atoms with van der Waals surface area (Å²) in [5.74, 6) is 1.04. The zero-order valence-corrected chi connectivity index (χ0v) is 10.9. The summed E-state index contributed by atoms with van der Waals surface area (Å²) in [6.45, 7) is 2.26. The molecule has 1 aliphatic carbocycles.